The number of hydrogen-bond donors (Lipinski definition) is 1. The van der Waals surface area contributed by atoms with Gasteiger partial charge in [0.05, 0.1) is 0 Å². The van der Waals surface area contributed by atoms with Crippen molar-refractivity contribution in [2.45, 2.75) is 19.9 Å². The summed E-state index contributed by atoms with van der Waals surface area (Å²) in [7, 11) is 4.16. The molecule has 0 saturated heterocycles. The first-order chi connectivity index (χ1) is 6.52. The van der Waals surface area contributed by atoms with Crippen LogP contribution in [0.2, 0.25) is 0 Å². The molecule has 1 atom stereocenters. The molecule has 0 bridgehead atoms. The minimum Gasteiger partial charge on any atom is -0.508 e. The summed E-state index contributed by atoms with van der Waals surface area (Å²) in [6.07, 6.45) is 0. The predicted molar refractivity (Wildman–Crippen MR) is 59.4 cm³/mol. The fourth-order valence-electron chi connectivity index (χ4n) is 1.95. The van der Waals surface area contributed by atoms with Crippen molar-refractivity contribution in [1.29, 1.82) is 0 Å². The number of nitrogens with zero attached hydrogens (tertiary/aromatic N) is 1. The Labute approximate surface area is 86.2 Å². The van der Waals surface area contributed by atoms with E-state index in [-0.39, 0.29) is 0 Å². The Balaban J connectivity index is 2.94. The minimum absolute atomic E-state index is 0.329. The van der Waals surface area contributed by atoms with Crippen molar-refractivity contribution in [3.05, 3.63) is 29.8 Å². The quantitative estimate of drug-likeness (QED) is 0.797. The van der Waals surface area contributed by atoms with Crippen molar-refractivity contribution in [1.82, 2.24) is 4.90 Å². The molecule has 2 heteroatoms. The standard InChI is InChI=1S/C12H19NO/c1-9(2)12(13(3)4)10-5-7-11(14)8-6-10/h5-9,12,14H,1-4H3/t12-/m1/s1. The van der Waals surface area contributed by atoms with Gasteiger partial charge in [0.25, 0.3) is 0 Å². The van der Waals surface area contributed by atoms with Crippen LogP contribution in [0.25, 0.3) is 0 Å². The largest absolute Gasteiger partial charge is 0.508 e. The van der Waals surface area contributed by atoms with Gasteiger partial charge in [0, 0.05) is 6.04 Å². The molecule has 0 saturated carbocycles. The molecule has 0 heterocycles. The fraction of sp³-hybridized carbons (Fsp3) is 0.500. The van der Waals surface area contributed by atoms with Crippen molar-refractivity contribution in [3.8, 4) is 5.75 Å². The van der Waals surface area contributed by atoms with Crippen LogP contribution in [0.4, 0.5) is 0 Å². The third-order valence-corrected chi connectivity index (χ3v) is 2.42. The van der Waals surface area contributed by atoms with Crippen LogP contribution >= 0.6 is 0 Å². The molecule has 0 aliphatic heterocycles. The van der Waals surface area contributed by atoms with Crippen molar-refractivity contribution in [2.75, 3.05) is 14.1 Å². The van der Waals surface area contributed by atoms with Crippen LogP contribution in [0, 0.1) is 5.92 Å². The highest BCUT2D eigenvalue weighted by Gasteiger charge is 2.17. The van der Waals surface area contributed by atoms with E-state index in [1.54, 1.807) is 12.1 Å². The molecule has 1 N–H and O–H groups in total. The van der Waals surface area contributed by atoms with Gasteiger partial charge in [-0.1, -0.05) is 26.0 Å². The molecule has 0 radical (unpaired) electrons. The number of phenols is 1. The first kappa shape index (κ1) is 11.1. The van der Waals surface area contributed by atoms with Crippen molar-refractivity contribution < 1.29 is 5.11 Å². The summed E-state index contributed by atoms with van der Waals surface area (Å²) in [5, 5.41) is 9.20. The maximum absolute atomic E-state index is 9.20. The van der Waals surface area contributed by atoms with E-state index in [4.69, 9.17) is 0 Å². The van der Waals surface area contributed by atoms with Crippen LogP contribution in [0.15, 0.2) is 24.3 Å². The summed E-state index contributed by atoms with van der Waals surface area (Å²) in [5.41, 5.74) is 1.25. The summed E-state index contributed by atoms with van der Waals surface area (Å²) in [4.78, 5) is 2.21. The van der Waals surface area contributed by atoms with E-state index in [2.05, 4.69) is 32.8 Å². The first-order valence-corrected chi connectivity index (χ1v) is 4.97. The molecule has 0 amide bonds. The molecular weight excluding hydrogens is 174 g/mol. The van der Waals surface area contributed by atoms with Crippen LogP contribution in [-0.4, -0.2) is 24.1 Å². The molecule has 2 nitrogen and oxygen atoms in total. The van der Waals surface area contributed by atoms with E-state index in [0.29, 0.717) is 17.7 Å². The summed E-state index contributed by atoms with van der Waals surface area (Å²) in [5.74, 6) is 0.893. The Kier molecular flexibility index (Phi) is 3.53. The van der Waals surface area contributed by atoms with E-state index in [9.17, 15) is 5.11 Å². The molecule has 0 aliphatic carbocycles. The first-order valence-electron chi connectivity index (χ1n) is 4.97. The van der Waals surface area contributed by atoms with E-state index in [0.717, 1.165) is 0 Å². The molecular formula is C12H19NO. The lowest BCUT2D eigenvalue weighted by atomic mass is 9.95. The van der Waals surface area contributed by atoms with Gasteiger partial charge in [-0.25, -0.2) is 0 Å². The van der Waals surface area contributed by atoms with Gasteiger partial charge in [-0.15, -0.1) is 0 Å². The van der Waals surface area contributed by atoms with Gasteiger partial charge in [-0.2, -0.15) is 0 Å². The Morgan fingerprint density at radius 1 is 1.07 bits per heavy atom. The summed E-state index contributed by atoms with van der Waals surface area (Å²) >= 11 is 0. The highest BCUT2D eigenvalue weighted by atomic mass is 16.3. The van der Waals surface area contributed by atoms with Crippen LogP contribution in [0.5, 0.6) is 5.75 Å². The molecule has 78 valence electrons. The zero-order valence-corrected chi connectivity index (χ0v) is 9.36. The Hall–Kier alpha value is -1.02. The SMILES string of the molecule is CC(C)[C@H](c1ccc(O)cc1)N(C)C. The molecule has 0 spiro atoms. The van der Waals surface area contributed by atoms with E-state index < -0.39 is 0 Å². The third kappa shape index (κ3) is 2.48. The molecule has 0 fully saturated rings. The predicted octanol–water partition coefficient (Wildman–Crippen LogP) is 2.65. The highest BCUT2D eigenvalue weighted by Crippen LogP contribution is 2.27. The lowest BCUT2D eigenvalue weighted by molar-refractivity contribution is 0.235. The van der Waals surface area contributed by atoms with Crippen LogP contribution in [0.3, 0.4) is 0 Å². The number of benzene rings is 1. The lowest BCUT2D eigenvalue weighted by Crippen LogP contribution is -2.24. The fourth-order valence-corrected chi connectivity index (χ4v) is 1.95. The second-order valence-electron chi connectivity index (χ2n) is 4.24. The molecule has 14 heavy (non-hydrogen) atoms. The van der Waals surface area contributed by atoms with Crippen molar-refractivity contribution >= 4 is 0 Å². The van der Waals surface area contributed by atoms with E-state index in [1.807, 2.05) is 12.1 Å². The molecule has 1 rings (SSSR count). The minimum atomic E-state index is 0.329. The topological polar surface area (TPSA) is 23.5 Å². The molecule has 1 aromatic rings. The normalized spacial score (nSPS) is 13.6. The Morgan fingerprint density at radius 2 is 1.57 bits per heavy atom. The maximum atomic E-state index is 9.20. The maximum Gasteiger partial charge on any atom is 0.115 e. The van der Waals surface area contributed by atoms with Gasteiger partial charge in [0.1, 0.15) is 5.75 Å². The Morgan fingerprint density at radius 3 is 1.93 bits per heavy atom. The van der Waals surface area contributed by atoms with Gasteiger partial charge < -0.3 is 10.0 Å². The number of aromatic hydroxyl groups is 1. The number of hydrogen-bond acceptors (Lipinski definition) is 2. The summed E-state index contributed by atoms with van der Waals surface area (Å²) in [6, 6.07) is 7.87. The van der Waals surface area contributed by atoms with E-state index >= 15 is 0 Å². The zero-order chi connectivity index (χ0) is 10.7. The Bertz CT molecular complexity index is 269. The lowest BCUT2D eigenvalue weighted by Gasteiger charge is -2.28. The van der Waals surface area contributed by atoms with Crippen molar-refractivity contribution in [3.63, 3.8) is 0 Å². The zero-order valence-electron chi connectivity index (χ0n) is 9.36. The highest BCUT2D eigenvalue weighted by molar-refractivity contribution is 5.28. The number of phenolic OH excluding ortho intramolecular Hbond substituents is 1. The van der Waals surface area contributed by atoms with Gasteiger partial charge in [0.2, 0.25) is 0 Å². The van der Waals surface area contributed by atoms with Crippen molar-refractivity contribution in [2.24, 2.45) is 5.92 Å². The molecule has 0 aromatic heterocycles. The molecule has 0 aliphatic rings. The smallest absolute Gasteiger partial charge is 0.115 e. The number of rotatable bonds is 3. The van der Waals surface area contributed by atoms with Gasteiger partial charge in [-0.3, -0.25) is 0 Å². The second-order valence-corrected chi connectivity index (χ2v) is 4.24. The van der Waals surface area contributed by atoms with E-state index in [1.165, 1.54) is 5.56 Å². The average molecular weight is 193 g/mol. The monoisotopic (exact) mass is 193 g/mol. The van der Waals surface area contributed by atoms with Gasteiger partial charge in [-0.05, 0) is 37.7 Å². The average Bonchev–Trinajstić information content (AvgIpc) is 2.07. The third-order valence-electron chi connectivity index (χ3n) is 2.42. The van der Waals surface area contributed by atoms with Crippen LogP contribution in [0.1, 0.15) is 25.5 Å². The second kappa shape index (κ2) is 4.47. The molecule has 1 aromatic carbocycles. The van der Waals surface area contributed by atoms with Gasteiger partial charge >= 0.3 is 0 Å². The van der Waals surface area contributed by atoms with Gasteiger partial charge in [0.15, 0.2) is 0 Å². The summed E-state index contributed by atoms with van der Waals surface area (Å²) < 4.78 is 0. The summed E-state index contributed by atoms with van der Waals surface area (Å²) in [6.45, 7) is 4.41. The van der Waals surface area contributed by atoms with Crippen LogP contribution < -0.4 is 0 Å². The van der Waals surface area contributed by atoms with Crippen LogP contribution in [-0.2, 0) is 0 Å². The molecule has 0 unspecified atom stereocenters.